The third-order valence-corrected chi connectivity index (χ3v) is 3.73. The molecule has 1 amide bonds. The van der Waals surface area contributed by atoms with Crippen LogP contribution in [-0.4, -0.2) is 40.9 Å². The summed E-state index contributed by atoms with van der Waals surface area (Å²) in [6, 6.07) is 6.68. The molecule has 29 heavy (non-hydrogen) atoms. The zero-order valence-corrected chi connectivity index (χ0v) is 16.5. The van der Waals surface area contributed by atoms with E-state index in [0.717, 1.165) is 0 Å². The number of nitrogens with zero attached hydrogens (tertiary/aromatic N) is 3. The number of pyridine rings is 1. The first kappa shape index (κ1) is 20.1. The molecule has 9 nitrogen and oxygen atoms in total. The van der Waals surface area contributed by atoms with Gasteiger partial charge in [-0.1, -0.05) is 5.10 Å². The number of carbonyl (C=O) groups is 1. The van der Waals surface area contributed by atoms with Gasteiger partial charge in [0.05, 0.1) is 25.4 Å². The molecule has 0 atom stereocenters. The summed E-state index contributed by atoms with van der Waals surface area (Å²) < 4.78 is 22.4. The summed E-state index contributed by atoms with van der Waals surface area (Å²) in [6.07, 6.45) is 3.23. The van der Waals surface area contributed by atoms with Crippen LogP contribution in [0, 0.1) is 0 Å². The van der Waals surface area contributed by atoms with Crippen LogP contribution in [0.2, 0.25) is 0 Å². The van der Waals surface area contributed by atoms with Crippen molar-refractivity contribution in [3.05, 3.63) is 42.2 Å². The number of benzene rings is 1. The first-order valence-corrected chi connectivity index (χ1v) is 9.27. The Hall–Kier alpha value is -3.62. The minimum atomic E-state index is -0.448. The van der Waals surface area contributed by atoms with Gasteiger partial charge in [0.1, 0.15) is 0 Å². The topological polar surface area (TPSA) is 109 Å². The molecule has 1 aromatic carbocycles. The number of nitrogens with one attached hydrogen (secondary N) is 1. The van der Waals surface area contributed by atoms with Crippen molar-refractivity contribution in [1.29, 1.82) is 0 Å². The van der Waals surface area contributed by atoms with Gasteiger partial charge in [-0.3, -0.25) is 15.1 Å². The van der Waals surface area contributed by atoms with E-state index in [1.807, 2.05) is 20.8 Å². The number of hydrogen-bond acceptors (Lipinski definition) is 8. The summed E-state index contributed by atoms with van der Waals surface area (Å²) in [5, 5.41) is 10.4. The molecule has 0 spiro atoms. The quantitative estimate of drug-likeness (QED) is 0.583. The SMILES string of the molecule is CCOc1cc(C(=O)Nc2nnc(-c3cccnc3)o2)cc(OCC)c1OCC. The van der Waals surface area contributed by atoms with E-state index >= 15 is 0 Å². The Balaban J connectivity index is 1.85. The molecular formula is C20H22N4O5. The number of anilines is 1. The molecule has 0 saturated heterocycles. The zero-order valence-electron chi connectivity index (χ0n) is 16.5. The first-order chi connectivity index (χ1) is 14.2. The van der Waals surface area contributed by atoms with Crippen molar-refractivity contribution in [3.63, 3.8) is 0 Å². The maximum Gasteiger partial charge on any atom is 0.322 e. The lowest BCUT2D eigenvalue weighted by molar-refractivity contribution is 0.102. The Bertz CT molecular complexity index is 932. The molecular weight excluding hydrogens is 376 g/mol. The van der Waals surface area contributed by atoms with Crippen molar-refractivity contribution >= 4 is 11.9 Å². The molecule has 9 heteroatoms. The van der Waals surface area contributed by atoms with Crippen LogP contribution in [0.3, 0.4) is 0 Å². The Morgan fingerprint density at radius 2 is 1.72 bits per heavy atom. The van der Waals surface area contributed by atoms with Crippen LogP contribution < -0.4 is 19.5 Å². The largest absolute Gasteiger partial charge is 0.490 e. The van der Waals surface area contributed by atoms with Crippen molar-refractivity contribution in [2.75, 3.05) is 25.1 Å². The van der Waals surface area contributed by atoms with Gasteiger partial charge >= 0.3 is 6.01 Å². The van der Waals surface area contributed by atoms with Gasteiger partial charge < -0.3 is 18.6 Å². The molecule has 3 aromatic rings. The maximum atomic E-state index is 12.7. The molecule has 2 heterocycles. The lowest BCUT2D eigenvalue weighted by atomic mass is 10.1. The summed E-state index contributed by atoms with van der Waals surface area (Å²) in [6.45, 7) is 6.82. The molecule has 0 aliphatic carbocycles. The predicted octanol–water partition coefficient (Wildman–Crippen LogP) is 3.58. The molecule has 2 aromatic heterocycles. The van der Waals surface area contributed by atoms with Gasteiger partial charge in [-0.05, 0) is 45.0 Å². The Kier molecular flexibility index (Phi) is 6.62. The maximum absolute atomic E-state index is 12.7. The van der Waals surface area contributed by atoms with Crippen molar-refractivity contribution < 1.29 is 23.4 Å². The molecule has 0 aliphatic heterocycles. The normalized spacial score (nSPS) is 10.4. The van der Waals surface area contributed by atoms with Gasteiger partial charge in [0.15, 0.2) is 11.5 Å². The second-order valence-corrected chi connectivity index (χ2v) is 5.71. The number of ether oxygens (including phenoxy) is 3. The van der Waals surface area contributed by atoms with E-state index in [-0.39, 0.29) is 11.9 Å². The number of hydrogen-bond donors (Lipinski definition) is 1. The average molecular weight is 398 g/mol. The second kappa shape index (κ2) is 9.54. The van der Waals surface area contributed by atoms with Crippen LogP contribution in [0.1, 0.15) is 31.1 Å². The van der Waals surface area contributed by atoms with Crippen LogP contribution in [-0.2, 0) is 0 Å². The van der Waals surface area contributed by atoms with E-state index in [9.17, 15) is 4.79 Å². The van der Waals surface area contributed by atoms with Crippen molar-refractivity contribution in [1.82, 2.24) is 15.2 Å². The van der Waals surface area contributed by atoms with Crippen molar-refractivity contribution in [3.8, 4) is 28.7 Å². The molecule has 0 bridgehead atoms. The lowest BCUT2D eigenvalue weighted by Crippen LogP contribution is -2.13. The van der Waals surface area contributed by atoms with E-state index in [2.05, 4.69) is 20.5 Å². The highest BCUT2D eigenvalue weighted by Crippen LogP contribution is 2.39. The third-order valence-electron chi connectivity index (χ3n) is 3.73. The Labute approximate surface area is 168 Å². The lowest BCUT2D eigenvalue weighted by Gasteiger charge is -2.16. The van der Waals surface area contributed by atoms with E-state index < -0.39 is 5.91 Å². The molecule has 0 unspecified atom stereocenters. The van der Waals surface area contributed by atoms with Crippen molar-refractivity contribution in [2.24, 2.45) is 0 Å². The van der Waals surface area contributed by atoms with E-state index in [0.29, 0.717) is 48.2 Å². The fraction of sp³-hybridized carbons (Fsp3) is 0.300. The van der Waals surface area contributed by atoms with Gasteiger partial charge in [-0.2, -0.15) is 0 Å². The highest BCUT2D eigenvalue weighted by Gasteiger charge is 2.20. The minimum Gasteiger partial charge on any atom is -0.490 e. The van der Waals surface area contributed by atoms with Gasteiger partial charge in [0.25, 0.3) is 11.8 Å². The first-order valence-electron chi connectivity index (χ1n) is 9.27. The van der Waals surface area contributed by atoms with E-state index in [1.54, 1.807) is 36.7 Å². The fourth-order valence-electron chi connectivity index (χ4n) is 2.57. The average Bonchev–Trinajstić information content (AvgIpc) is 3.19. The van der Waals surface area contributed by atoms with Gasteiger partial charge in [-0.25, -0.2) is 0 Å². The molecule has 1 N–H and O–H groups in total. The van der Waals surface area contributed by atoms with Gasteiger partial charge in [-0.15, -0.1) is 5.10 Å². The van der Waals surface area contributed by atoms with Crippen LogP contribution in [0.15, 0.2) is 41.1 Å². The van der Waals surface area contributed by atoms with E-state index in [1.165, 1.54) is 0 Å². The standard InChI is InChI=1S/C20H22N4O5/c1-4-26-15-10-14(11-16(27-5-2)17(15)28-6-3)18(25)22-20-24-23-19(29-20)13-8-7-9-21-12-13/h7-12H,4-6H2,1-3H3,(H,22,24,25). The summed E-state index contributed by atoms with van der Waals surface area (Å²) >= 11 is 0. The van der Waals surface area contributed by atoms with E-state index in [4.69, 9.17) is 18.6 Å². The minimum absolute atomic E-state index is 0.0290. The monoisotopic (exact) mass is 398 g/mol. The second-order valence-electron chi connectivity index (χ2n) is 5.71. The highest BCUT2D eigenvalue weighted by molar-refractivity contribution is 6.04. The number of aromatic nitrogens is 3. The molecule has 0 fully saturated rings. The van der Waals surface area contributed by atoms with Gasteiger partial charge in [0, 0.05) is 18.0 Å². The number of amides is 1. The fourth-order valence-corrected chi connectivity index (χ4v) is 2.57. The molecule has 0 aliphatic rings. The molecule has 0 saturated carbocycles. The summed E-state index contributed by atoms with van der Waals surface area (Å²) in [5.74, 6) is 1.12. The molecule has 3 rings (SSSR count). The molecule has 152 valence electrons. The summed E-state index contributed by atoms with van der Waals surface area (Å²) in [5.41, 5.74) is 0.959. The summed E-state index contributed by atoms with van der Waals surface area (Å²) in [4.78, 5) is 16.7. The van der Waals surface area contributed by atoms with Crippen LogP contribution in [0.25, 0.3) is 11.5 Å². The predicted molar refractivity (Wildman–Crippen MR) is 105 cm³/mol. The zero-order chi connectivity index (χ0) is 20.6. The third kappa shape index (κ3) is 4.81. The van der Waals surface area contributed by atoms with Gasteiger partial charge in [0.2, 0.25) is 5.75 Å². The smallest absolute Gasteiger partial charge is 0.322 e. The van der Waals surface area contributed by atoms with Crippen LogP contribution >= 0.6 is 0 Å². The Morgan fingerprint density at radius 3 is 2.31 bits per heavy atom. The van der Waals surface area contributed by atoms with Crippen LogP contribution in [0.5, 0.6) is 17.2 Å². The highest BCUT2D eigenvalue weighted by atomic mass is 16.5. The number of rotatable bonds is 9. The number of carbonyl (C=O) groups excluding carboxylic acids is 1. The van der Waals surface area contributed by atoms with Crippen LogP contribution in [0.4, 0.5) is 6.01 Å². The van der Waals surface area contributed by atoms with Crippen molar-refractivity contribution in [2.45, 2.75) is 20.8 Å². The Morgan fingerprint density at radius 1 is 1.03 bits per heavy atom. The molecule has 0 radical (unpaired) electrons. The summed E-state index contributed by atoms with van der Waals surface area (Å²) in [7, 11) is 0.